The monoisotopic (exact) mass is 468 g/mol. The number of fused-ring (bicyclic) bond motifs is 1. The number of aromatic nitrogens is 2. The van der Waals surface area contributed by atoms with Gasteiger partial charge in [-0.3, -0.25) is 10.1 Å². The van der Waals surface area contributed by atoms with Crippen molar-refractivity contribution in [2.45, 2.75) is 0 Å². The molecule has 162 valence electrons. The van der Waals surface area contributed by atoms with Crippen molar-refractivity contribution in [3.05, 3.63) is 65.3 Å². The zero-order chi connectivity index (χ0) is 22.7. The fraction of sp³-hybridized carbons (Fsp3) is 0.0909. The number of amides is 1. The van der Waals surface area contributed by atoms with Gasteiger partial charge in [0.25, 0.3) is 5.91 Å². The molecule has 2 N–H and O–H groups in total. The molecule has 8 nitrogen and oxygen atoms in total. The van der Waals surface area contributed by atoms with Crippen molar-refractivity contribution >= 4 is 51.8 Å². The summed E-state index contributed by atoms with van der Waals surface area (Å²) < 4.78 is 16.2. The van der Waals surface area contributed by atoms with Crippen LogP contribution in [0.4, 0.5) is 5.69 Å². The Labute approximate surface area is 193 Å². The predicted octanol–water partition coefficient (Wildman–Crippen LogP) is 4.69. The number of nitrogens with zero attached hydrogens (tertiary/aromatic N) is 2. The number of carbonyl (C=O) groups is 1. The Kier molecular flexibility index (Phi) is 6.20. The van der Waals surface area contributed by atoms with E-state index in [1.807, 2.05) is 0 Å². The first kappa shape index (κ1) is 21.5. The highest BCUT2D eigenvalue weighted by atomic mass is 35.5. The van der Waals surface area contributed by atoms with Crippen molar-refractivity contribution in [2.75, 3.05) is 19.5 Å². The van der Waals surface area contributed by atoms with Gasteiger partial charge in [-0.1, -0.05) is 11.6 Å². The number of ether oxygens (including phenoxy) is 2. The minimum atomic E-state index is -0.400. The second kappa shape index (κ2) is 9.21. The summed E-state index contributed by atoms with van der Waals surface area (Å²) in [5, 5.41) is 6.15. The molecular formula is C22H17ClN4O4S. The van der Waals surface area contributed by atoms with Crippen LogP contribution >= 0.6 is 23.8 Å². The molecule has 2 aromatic carbocycles. The number of pyridine rings is 1. The number of hydrogen-bond acceptors (Lipinski definition) is 7. The van der Waals surface area contributed by atoms with Gasteiger partial charge >= 0.3 is 0 Å². The van der Waals surface area contributed by atoms with Gasteiger partial charge in [-0.05, 0) is 60.7 Å². The van der Waals surface area contributed by atoms with Crippen LogP contribution in [0.5, 0.6) is 11.5 Å². The maximum atomic E-state index is 12.6. The van der Waals surface area contributed by atoms with E-state index in [1.165, 1.54) is 14.2 Å². The highest BCUT2D eigenvalue weighted by Crippen LogP contribution is 2.32. The van der Waals surface area contributed by atoms with Crippen LogP contribution < -0.4 is 20.1 Å². The Morgan fingerprint density at radius 3 is 2.66 bits per heavy atom. The molecule has 0 saturated carbocycles. The van der Waals surface area contributed by atoms with Crippen LogP contribution in [0.2, 0.25) is 5.02 Å². The van der Waals surface area contributed by atoms with Crippen molar-refractivity contribution in [3.8, 4) is 23.0 Å². The number of methoxy groups -OCH3 is 2. The highest BCUT2D eigenvalue weighted by Gasteiger charge is 2.15. The van der Waals surface area contributed by atoms with E-state index >= 15 is 0 Å². The lowest BCUT2D eigenvalue weighted by atomic mass is 10.2. The number of carbonyl (C=O) groups excluding carboxylic acids is 1. The van der Waals surface area contributed by atoms with Crippen LogP contribution in [0.1, 0.15) is 10.4 Å². The lowest BCUT2D eigenvalue weighted by molar-refractivity contribution is 0.0977. The number of hydrogen-bond donors (Lipinski definition) is 2. The van der Waals surface area contributed by atoms with Crippen molar-refractivity contribution in [1.82, 2.24) is 15.3 Å². The Morgan fingerprint density at radius 2 is 1.91 bits per heavy atom. The molecule has 1 amide bonds. The minimum absolute atomic E-state index is 0.109. The smallest absolute Gasteiger partial charge is 0.257 e. The van der Waals surface area contributed by atoms with Gasteiger partial charge in [0, 0.05) is 17.4 Å². The van der Waals surface area contributed by atoms with Crippen molar-refractivity contribution in [2.24, 2.45) is 0 Å². The van der Waals surface area contributed by atoms with E-state index in [2.05, 4.69) is 20.6 Å². The molecule has 0 bridgehead atoms. The average molecular weight is 469 g/mol. The summed E-state index contributed by atoms with van der Waals surface area (Å²) in [6, 6.07) is 13.5. The molecule has 0 saturated heterocycles. The first-order valence-corrected chi connectivity index (χ1v) is 10.1. The van der Waals surface area contributed by atoms with Gasteiger partial charge in [-0.2, -0.15) is 4.98 Å². The lowest BCUT2D eigenvalue weighted by Gasteiger charge is -2.12. The molecule has 32 heavy (non-hydrogen) atoms. The molecule has 0 aliphatic carbocycles. The lowest BCUT2D eigenvalue weighted by Crippen LogP contribution is -2.34. The molecule has 2 aromatic heterocycles. The summed E-state index contributed by atoms with van der Waals surface area (Å²) in [4.78, 5) is 21.1. The summed E-state index contributed by atoms with van der Waals surface area (Å²) in [5.74, 6) is 0.886. The molecule has 0 atom stereocenters. The molecule has 2 heterocycles. The van der Waals surface area contributed by atoms with Crippen LogP contribution in [0, 0.1) is 0 Å². The normalized spacial score (nSPS) is 10.6. The molecule has 0 radical (unpaired) electrons. The van der Waals surface area contributed by atoms with Crippen molar-refractivity contribution < 1.29 is 18.7 Å². The summed E-state index contributed by atoms with van der Waals surface area (Å²) in [6.07, 6.45) is 1.63. The maximum Gasteiger partial charge on any atom is 0.257 e. The summed E-state index contributed by atoms with van der Waals surface area (Å²) in [5.41, 5.74) is 2.55. The third kappa shape index (κ3) is 4.48. The van der Waals surface area contributed by atoms with E-state index < -0.39 is 5.91 Å². The van der Waals surface area contributed by atoms with Gasteiger partial charge < -0.3 is 19.2 Å². The molecule has 0 fully saturated rings. The van der Waals surface area contributed by atoms with Gasteiger partial charge in [-0.15, -0.1) is 0 Å². The van der Waals surface area contributed by atoms with Gasteiger partial charge in [-0.25, -0.2) is 4.98 Å². The SMILES string of the molecule is COc1ccc(C(=O)NC(=S)Nc2ccc(Cl)c(-c3nc4ncccc4o3)c2)cc1OC. The first-order chi connectivity index (χ1) is 15.5. The van der Waals surface area contributed by atoms with E-state index in [4.69, 9.17) is 37.7 Å². The number of oxazole rings is 1. The maximum absolute atomic E-state index is 12.6. The number of thiocarbonyl (C=S) groups is 1. The third-order valence-electron chi connectivity index (χ3n) is 4.49. The Bertz CT molecular complexity index is 1290. The van der Waals surface area contributed by atoms with Crippen LogP contribution in [0.3, 0.4) is 0 Å². The molecule has 0 unspecified atom stereocenters. The van der Waals surface area contributed by atoms with Crippen LogP contribution in [-0.2, 0) is 0 Å². The van der Waals surface area contributed by atoms with Crippen molar-refractivity contribution in [3.63, 3.8) is 0 Å². The third-order valence-corrected chi connectivity index (χ3v) is 5.03. The average Bonchev–Trinajstić information content (AvgIpc) is 3.23. The Balaban J connectivity index is 1.50. The van der Waals surface area contributed by atoms with E-state index in [-0.39, 0.29) is 5.11 Å². The van der Waals surface area contributed by atoms with E-state index in [0.717, 1.165) is 0 Å². The fourth-order valence-electron chi connectivity index (χ4n) is 2.97. The van der Waals surface area contributed by atoms with E-state index in [9.17, 15) is 4.79 Å². The van der Waals surface area contributed by atoms with Crippen molar-refractivity contribution in [1.29, 1.82) is 0 Å². The second-order valence-corrected chi connectivity index (χ2v) is 7.33. The highest BCUT2D eigenvalue weighted by molar-refractivity contribution is 7.80. The number of anilines is 1. The molecule has 0 aliphatic heterocycles. The molecule has 10 heteroatoms. The zero-order valence-electron chi connectivity index (χ0n) is 17.0. The Morgan fingerprint density at radius 1 is 1.09 bits per heavy atom. The van der Waals surface area contributed by atoms with Crippen LogP contribution in [0.15, 0.2) is 59.1 Å². The predicted molar refractivity (Wildman–Crippen MR) is 125 cm³/mol. The molecule has 4 rings (SSSR count). The van der Waals surface area contributed by atoms with Crippen LogP contribution in [-0.4, -0.2) is 35.2 Å². The molecular weight excluding hydrogens is 452 g/mol. The fourth-order valence-corrected chi connectivity index (χ4v) is 3.38. The Hall–Kier alpha value is -3.69. The summed E-state index contributed by atoms with van der Waals surface area (Å²) in [6.45, 7) is 0. The van der Waals surface area contributed by atoms with Gasteiger partial charge in [0.1, 0.15) is 0 Å². The van der Waals surface area contributed by atoms with Gasteiger partial charge in [0.15, 0.2) is 27.8 Å². The topological polar surface area (TPSA) is 98.5 Å². The van der Waals surface area contributed by atoms with E-state index in [0.29, 0.717) is 50.5 Å². The summed E-state index contributed by atoms with van der Waals surface area (Å²) in [7, 11) is 3.02. The molecule has 4 aromatic rings. The quantitative estimate of drug-likeness (QED) is 0.407. The summed E-state index contributed by atoms with van der Waals surface area (Å²) >= 11 is 11.6. The number of rotatable bonds is 5. The second-order valence-electron chi connectivity index (χ2n) is 6.52. The zero-order valence-corrected chi connectivity index (χ0v) is 18.6. The number of halogens is 1. The van der Waals surface area contributed by atoms with Gasteiger partial charge in [0.2, 0.25) is 5.89 Å². The largest absolute Gasteiger partial charge is 0.493 e. The minimum Gasteiger partial charge on any atom is -0.493 e. The number of nitrogens with one attached hydrogen (secondary N) is 2. The molecule has 0 spiro atoms. The van der Waals surface area contributed by atoms with E-state index in [1.54, 1.807) is 54.7 Å². The first-order valence-electron chi connectivity index (χ1n) is 9.34. The van der Waals surface area contributed by atoms with Gasteiger partial charge in [0.05, 0.1) is 24.8 Å². The van der Waals surface area contributed by atoms with Crippen LogP contribution in [0.25, 0.3) is 22.7 Å². The molecule has 0 aliphatic rings. The number of benzene rings is 2. The standard InChI is InChI=1S/C22H17ClN4O4S/c1-29-16-8-5-12(10-18(16)30-2)20(28)27-22(32)25-13-6-7-15(23)14(11-13)21-26-19-17(31-21)4-3-9-24-19/h3-11H,1-2H3,(H2,25,27,28,32).